The van der Waals surface area contributed by atoms with Crippen molar-refractivity contribution in [3.05, 3.63) is 28.2 Å². The Bertz CT molecular complexity index is 430. The molecule has 1 saturated carbocycles. The van der Waals surface area contributed by atoms with Crippen molar-refractivity contribution in [3.63, 3.8) is 0 Å². The summed E-state index contributed by atoms with van der Waals surface area (Å²) in [5.41, 5.74) is 1.84. The minimum Gasteiger partial charge on any atom is -0.374 e. The van der Waals surface area contributed by atoms with Gasteiger partial charge in [0.2, 0.25) is 0 Å². The highest BCUT2D eigenvalue weighted by Gasteiger charge is 2.17. The molecule has 0 atom stereocenters. The van der Waals surface area contributed by atoms with Crippen LogP contribution in [0.4, 0.5) is 5.69 Å². The highest BCUT2D eigenvalue weighted by Crippen LogP contribution is 2.28. The molecule has 2 rings (SSSR count). The van der Waals surface area contributed by atoms with Gasteiger partial charge in [-0.25, -0.2) is 0 Å². The second-order valence-electron chi connectivity index (χ2n) is 4.84. The SMILES string of the molecule is CN(CC1CCCC1)c1cc(Br)cc(C#N)c1. The molecule has 3 heteroatoms. The number of nitriles is 1. The van der Waals surface area contributed by atoms with Crippen LogP contribution in [0.25, 0.3) is 0 Å². The van der Waals surface area contributed by atoms with Crippen LogP contribution in [0.3, 0.4) is 0 Å². The van der Waals surface area contributed by atoms with E-state index in [9.17, 15) is 0 Å². The number of halogens is 1. The molecule has 0 aromatic heterocycles. The van der Waals surface area contributed by atoms with Gasteiger partial charge in [-0.3, -0.25) is 0 Å². The summed E-state index contributed by atoms with van der Waals surface area (Å²) in [6.07, 6.45) is 5.45. The minimum atomic E-state index is 0.715. The van der Waals surface area contributed by atoms with Gasteiger partial charge in [-0.15, -0.1) is 0 Å². The predicted molar refractivity (Wildman–Crippen MR) is 74.1 cm³/mol. The quantitative estimate of drug-likeness (QED) is 0.843. The molecular weight excluding hydrogens is 276 g/mol. The first-order chi connectivity index (χ1) is 8.19. The van der Waals surface area contributed by atoms with Crippen molar-refractivity contribution in [1.82, 2.24) is 0 Å². The third-order valence-electron chi connectivity index (χ3n) is 3.46. The van der Waals surface area contributed by atoms with Gasteiger partial charge in [0.15, 0.2) is 0 Å². The van der Waals surface area contributed by atoms with Crippen LogP contribution in [0.2, 0.25) is 0 Å². The lowest BCUT2D eigenvalue weighted by atomic mass is 10.1. The molecule has 0 aliphatic heterocycles. The Labute approximate surface area is 111 Å². The fourth-order valence-electron chi connectivity index (χ4n) is 2.54. The van der Waals surface area contributed by atoms with Crippen molar-refractivity contribution in [2.45, 2.75) is 25.7 Å². The molecule has 0 bridgehead atoms. The summed E-state index contributed by atoms with van der Waals surface area (Å²) in [4.78, 5) is 2.27. The molecule has 0 amide bonds. The zero-order chi connectivity index (χ0) is 12.3. The Kier molecular flexibility index (Phi) is 4.06. The van der Waals surface area contributed by atoms with E-state index in [1.54, 1.807) is 0 Å². The van der Waals surface area contributed by atoms with Crippen LogP contribution in [0.5, 0.6) is 0 Å². The summed E-state index contributed by atoms with van der Waals surface area (Å²) >= 11 is 3.46. The molecule has 1 aromatic rings. The maximum absolute atomic E-state index is 8.96. The third kappa shape index (κ3) is 3.23. The van der Waals surface area contributed by atoms with Crippen LogP contribution >= 0.6 is 15.9 Å². The van der Waals surface area contributed by atoms with Crippen molar-refractivity contribution in [1.29, 1.82) is 5.26 Å². The summed E-state index contributed by atoms with van der Waals surface area (Å²) < 4.78 is 0.977. The number of anilines is 1. The van der Waals surface area contributed by atoms with Gasteiger partial charge in [-0.1, -0.05) is 28.8 Å². The van der Waals surface area contributed by atoms with E-state index in [4.69, 9.17) is 5.26 Å². The summed E-state index contributed by atoms with van der Waals surface area (Å²) in [7, 11) is 2.11. The smallest absolute Gasteiger partial charge is 0.0992 e. The van der Waals surface area contributed by atoms with E-state index in [1.807, 2.05) is 12.1 Å². The second-order valence-corrected chi connectivity index (χ2v) is 5.76. The fourth-order valence-corrected chi connectivity index (χ4v) is 3.03. The van der Waals surface area contributed by atoms with E-state index in [0.717, 1.165) is 22.6 Å². The van der Waals surface area contributed by atoms with Crippen molar-refractivity contribution in [3.8, 4) is 6.07 Å². The van der Waals surface area contributed by atoms with Crippen LogP contribution in [0.15, 0.2) is 22.7 Å². The maximum atomic E-state index is 8.96. The number of nitrogens with zero attached hydrogens (tertiary/aromatic N) is 2. The van der Waals surface area contributed by atoms with E-state index in [-0.39, 0.29) is 0 Å². The van der Waals surface area contributed by atoms with Crippen LogP contribution in [0.1, 0.15) is 31.2 Å². The lowest BCUT2D eigenvalue weighted by Crippen LogP contribution is -2.24. The number of benzene rings is 1. The van der Waals surface area contributed by atoms with Gasteiger partial charge >= 0.3 is 0 Å². The Hall–Kier alpha value is -1.01. The Morgan fingerprint density at radius 1 is 1.35 bits per heavy atom. The molecule has 1 aliphatic rings. The Morgan fingerprint density at radius 2 is 2.06 bits per heavy atom. The summed E-state index contributed by atoms with van der Waals surface area (Å²) in [5.74, 6) is 0.824. The van der Waals surface area contributed by atoms with Gasteiger partial charge < -0.3 is 4.90 Å². The van der Waals surface area contributed by atoms with Gasteiger partial charge in [0.25, 0.3) is 0 Å². The summed E-state index contributed by atoms with van der Waals surface area (Å²) in [6.45, 7) is 1.10. The van der Waals surface area contributed by atoms with E-state index < -0.39 is 0 Å². The molecule has 0 spiro atoms. The molecule has 1 fully saturated rings. The van der Waals surface area contributed by atoms with Gasteiger partial charge in [-0.05, 0) is 37.0 Å². The molecule has 0 radical (unpaired) electrons. The molecule has 17 heavy (non-hydrogen) atoms. The van der Waals surface area contributed by atoms with Crippen molar-refractivity contribution >= 4 is 21.6 Å². The van der Waals surface area contributed by atoms with Gasteiger partial charge in [0.1, 0.15) is 0 Å². The Morgan fingerprint density at radius 3 is 2.71 bits per heavy atom. The standard InChI is InChI=1S/C14H17BrN2/c1-17(10-11-4-2-3-5-11)14-7-12(9-16)6-13(15)8-14/h6-8,11H,2-5,10H2,1H3. The third-order valence-corrected chi connectivity index (χ3v) is 3.92. The maximum Gasteiger partial charge on any atom is 0.0992 e. The highest BCUT2D eigenvalue weighted by molar-refractivity contribution is 9.10. The second kappa shape index (κ2) is 5.55. The lowest BCUT2D eigenvalue weighted by Gasteiger charge is -2.23. The first kappa shape index (κ1) is 12.4. The fraction of sp³-hybridized carbons (Fsp3) is 0.500. The zero-order valence-electron chi connectivity index (χ0n) is 10.1. The average molecular weight is 293 g/mol. The van der Waals surface area contributed by atoms with Crippen LogP contribution in [-0.4, -0.2) is 13.6 Å². The molecule has 0 heterocycles. The molecule has 2 nitrogen and oxygen atoms in total. The lowest BCUT2D eigenvalue weighted by molar-refractivity contribution is 0.547. The molecule has 0 saturated heterocycles. The normalized spacial score (nSPS) is 15.8. The molecular formula is C14H17BrN2. The molecule has 1 aliphatic carbocycles. The van der Waals surface area contributed by atoms with Gasteiger partial charge in [0.05, 0.1) is 11.6 Å². The average Bonchev–Trinajstić information content (AvgIpc) is 2.81. The van der Waals surface area contributed by atoms with Crippen molar-refractivity contribution < 1.29 is 0 Å². The molecule has 1 aromatic carbocycles. The topological polar surface area (TPSA) is 27.0 Å². The molecule has 0 unspecified atom stereocenters. The zero-order valence-corrected chi connectivity index (χ0v) is 11.7. The van der Waals surface area contributed by atoms with E-state index >= 15 is 0 Å². The van der Waals surface area contributed by atoms with Gasteiger partial charge in [-0.2, -0.15) is 5.26 Å². The first-order valence-corrected chi connectivity index (χ1v) is 6.90. The molecule has 0 N–H and O–H groups in total. The van der Waals surface area contributed by atoms with Crippen LogP contribution < -0.4 is 4.90 Å². The molecule has 90 valence electrons. The van der Waals surface area contributed by atoms with Crippen molar-refractivity contribution in [2.24, 2.45) is 5.92 Å². The summed E-state index contributed by atoms with van der Waals surface area (Å²) in [6, 6.07) is 8.09. The number of hydrogen-bond acceptors (Lipinski definition) is 2. The first-order valence-electron chi connectivity index (χ1n) is 6.11. The number of hydrogen-bond donors (Lipinski definition) is 0. The van der Waals surface area contributed by atoms with Crippen LogP contribution in [-0.2, 0) is 0 Å². The van der Waals surface area contributed by atoms with E-state index in [1.165, 1.54) is 25.7 Å². The minimum absolute atomic E-state index is 0.715. The predicted octanol–water partition coefficient (Wildman–Crippen LogP) is 3.95. The van der Waals surface area contributed by atoms with Gasteiger partial charge in [0, 0.05) is 23.8 Å². The van der Waals surface area contributed by atoms with Crippen LogP contribution in [0, 0.1) is 17.2 Å². The largest absolute Gasteiger partial charge is 0.374 e. The van der Waals surface area contributed by atoms with E-state index in [2.05, 4.69) is 40.0 Å². The van der Waals surface area contributed by atoms with Crippen molar-refractivity contribution in [2.75, 3.05) is 18.5 Å². The van der Waals surface area contributed by atoms with E-state index in [0.29, 0.717) is 5.56 Å². The Balaban J connectivity index is 2.10. The monoisotopic (exact) mass is 292 g/mol. The highest BCUT2D eigenvalue weighted by atomic mass is 79.9. The number of rotatable bonds is 3. The summed E-state index contributed by atoms with van der Waals surface area (Å²) in [5, 5.41) is 8.96.